The van der Waals surface area contributed by atoms with Crippen LogP contribution >= 0.6 is 0 Å². The zero-order valence-electron chi connectivity index (χ0n) is 14.6. The van der Waals surface area contributed by atoms with Crippen LogP contribution in [-0.4, -0.2) is 37.1 Å². The fraction of sp³-hybridized carbons (Fsp3) is 0.632. The molecule has 1 aromatic carbocycles. The molecule has 3 rings (SSSR count). The second-order valence-corrected chi connectivity index (χ2v) is 7.34. The normalized spacial score (nSPS) is 24.0. The molecule has 2 unspecified atom stereocenters. The number of anilines is 1. The molecule has 4 heteroatoms. The average molecular weight is 316 g/mol. The van der Waals surface area contributed by atoms with E-state index in [1.807, 2.05) is 18.2 Å². The second-order valence-electron chi connectivity index (χ2n) is 7.34. The van der Waals surface area contributed by atoms with E-state index in [9.17, 15) is 4.79 Å². The lowest BCUT2D eigenvalue weighted by Crippen LogP contribution is -2.46. The van der Waals surface area contributed by atoms with Crippen LogP contribution in [0.4, 0.5) is 5.69 Å². The lowest BCUT2D eigenvalue weighted by molar-refractivity contribution is 0.0952. The molecule has 2 atom stereocenters. The highest BCUT2D eigenvalue weighted by atomic mass is 16.5. The van der Waals surface area contributed by atoms with Crippen LogP contribution in [0.1, 0.15) is 50.9 Å². The van der Waals surface area contributed by atoms with Crippen molar-refractivity contribution < 1.29 is 9.53 Å². The van der Waals surface area contributed by atoms with Crippen LogP contribution in [0.2, 0.25) is 0 Å². The van der Waals surface area contributed by atoms with Crippen molar-refractivity contribution in [2.45, 2.75) is 58.7 Å². The number of nitrogens with zero attached hydrogens (tertiary/aromatic N) is 1. The summed E-state index contributed by atoms with van der Waals surface area (Å²) in [4.78, 5) is 15.0. The predicted octanol–water partition coefficient (Wildman–Crippen LogP) is 3.25. The number of carbonyl (C=O) groups excluding carboxylic acids is 1. The number of hydrogen-bond acceptors (Lipinski definition) is 4. The van der Waals surface area contributed by atoms with Gasteiger partial charge in [-0.2, -0.15) is 0 Å². The number of carbonyl (C=O) groups is 1. The maximum atomic E-state index is 12.7. The molecule has 0 radical (unpaired) electrons. The first-order valence-corrected chi connectivity index (χ1v) is 8.82. The first-order valence-electron chi connectivity index (χ1n) is 8.82. The highest BCUT2D eigenvalue weighted by molar-refractivity contribution is 6.01. The molecule has 0 spiro atoms. The van der Waals surface area contributed by atoms with Gasteiger partial charge in [0.1, 0.15) is 11.9 Å². The van der Waals surface area contributed by atoms with Gasteiger partial charge in [-0.1, -0.05) is 13.8 Å². The number of hydrogen-bond donors (Lipinski definition) is 1. The van der Waals surface area contributed by atoms with Crippen LogP contribution in [0.5, 0.6) is 5.75 Å². The Morgan fingerprint density at radius 3 is 2.70 bits per heavy atom. The van der Waals surface area contributed by atoms with Crippen LogP contribution < -0.4 is 15.0 Å². The summed E-state index contributed by atoms with van der Waals surface area (Å²) in [6.45, 7) is 10.6. The summed E-state index contributed by atoms with van der Waals surface area (Å²) in [5.74, 6) is 1.58. The van der Waals surface area contributed by atoms with Crippen molar-refractivity contribution in [1.82, 2.24) is 5.32 Å². The summed E-state index contributed by atoms with van der Waals surface area (Å²) in [5.41, 5.74) is 1.85. The van der Waals surface area contributed by atoms with Gasteiger partial charge in [0, 0.05) is 11.6 Å². The first-order chi connectivity index (χ1) is 11.0. The summed E-state index contributed by atoms with van der Waals surface area (Å²) in [6.07, 6.45) is 2.22. The largest absolute Gasteiger partial charge is 0.486 e. The standard InChI is InChI=1S/C19H28N2O2/c1-12(2)18-11-21(13(3)4)16-10-14(7-8-17(16)23-18)19(22)15-6-5-9-20-15/h7-8,10,12-13,15,18,20H,5-6,9,11H2,1-4H3. The summed E-state index contributed by atoms with van der Waals surface area (Å²) in [6, 6.07) is 6.28. The highest BCUT2D eigenvalue weighted by Crippen LogP contribution is 2.37. The second kappa shape index (κ2) is 6.52. The van der Waals surface area contributed by atoms with Gasteiger partial charge >= 0.3 is 0 Å². The third-order valence-corrected chi connectivity index (χ3v) is 4.95. The number of rotatable bonds is 4. The Kier molecular flexibility index (Phi) is 4.62. The molecule has 0 bridgehead atoms. The monoisotopic (exact) mass is 316 g/mol. The van der Waals surface area contributed by atoms with E-state index in [1.54, 1.807) is 0 Å². The molecule has 0 aliphatic carbocycles. The molecular formula is C19H28N2O2. The van der Waals surface area contributed by atoms with E-state index in [1.165, 1.54) is 0 Å². The summed E-state index contributed by atoms with van der Waals surface area (Å²) in [5, 5.41) is 3.30. The zero-order valence-corrected chi connectivity index (χ0v) is 14.6. The van der Waals surface area contributed by atoms with Gasteiger partial charge < -0.3 is 15.0 Å². The third-order valence-electron chi connectivity index (χ3n) is 4.95. The number of fused-ring (bicyclic) bond motifs is 1. The Hall–Kier alpha value is -1.55. The van der Waals surface area contributed by atoms with E-state index in [2.05, 4.69) is 37.9 Å². The first kappa shape index (κ1) is 16.3. The Labute approximate surface area is 139 Å². The molecule has 2 aliphatic heterocycles. The van der Waals surface area contributed by atoms with Gasteiger partial charge in [-0.05, 0) is 57.4 Å². The van der Waals surface area contributed by atoms with E-state index in [-0.39, 0.29) is 17.9 Å². The summed E-state index contributed by atoms with van der Waals surface area (Å²) < 4.78 is 6.17. The van der Waals surface area contributed by atoms with Crippen LogP contribution in [0.3, 0.4) is 0 Å². The van der Waals surface area contributed by atoms with Crippen molar-refractivity contribution in [3.63, 3.8) is 0 Å². The zero-order chi connectivity index (χ0) is 16.6. The van der Waals surface area contributed by atoms with E-state index in [0.29, 0.717) is 12.0 Å². The van der Waals surface area contributed by atoms with Gasteiger partial charge in [-0.3, -0.25) is 4.79 Å². The van der Waals surface area contributed by atoms with Crippen molar-refractivity contribution in [3.8, 4) is 5.75 Å². The highest BCUT2D eigenvalue weighted by Gasteiger charge is 2.31. The third kappa shape index (κ3) is 3.23. The van der Waals surface area contributed by atoms with Crippen molar-refractivity contribution in [3.05, 3.63) is 23.8 Å². The summed E-state index contributed by atoms with van der Waals surface area (Å²) in [7, 11) is 0. The number of Topliss-reactive ketones (excluding diaryl/α,β-unsaturated/α-hetero) is 1. The predicted molar refractivity (Wildman–Crippen MR) is 93.5 cm³/mol. The van der Waals surface area contributed by atoms with Gasteiger partial charge in [-0.15, -0.1) is 0 Å². The van der Waals surface area contributed by atoms with E-state index in [4.69, 9.17) is 4.74 Å². The Morgan fingerprint density at radius 2 is 2.09 bits per heavy atom. The quantitative estimate of drug-likeness (QED) is 0.866. The molecular weight excluding hydrogens is 288 g/mol. The van der Waals surface area contributed by atoms with Crippen molar-refractivity contribution in [2.75, 3.05) is 18.0 Å². The van der Waals surface area contributed by atoms with Gasteiger partial charge in [0.2, 0.25) is 0 Å². The SMILES string of the molecule is CC(C)C1CN(C(C)C)c2cc(C(=O)C3CCCN3)ccc2O1. The van der Waals surface area contributed by atoms with Crippen LogP contribution in [-0.2, 0) is 0 Å². The average Bonchev–Trinajstić information content (AvgIpc) is 3.06. The lowest BCUT2D eigenvalue weighted by Gasteiger charge is -2.40. The topological polar surface area (TPSA) is 41.6 Å². The molecule has 1 aromatic rings. The number of ether oxygens (including phenoxy) is 1. The van der Waals surface area contributed by atoms with Gasteiger partial charge in [-0.25, -0.2) is 0 Å². The van der Waals surface area contributed by atoms with E-state index in [0.717, 1.165) is 42.9 Å². The van der Waals surface area contributed by atoms with Gasteiger partial charge in [0.15, 0.2) is 5.78 Å². The minimum absolute atomic E-state index is 0.0199. The molecule has 0 aromatic heterocycles. The molecule has 0 amide bonds. The van der Waals surface area contributed by atoms with Crippen LogP contribution in [0.25, 0.3) is 0 Å². The van der Waals surface area contributed by atoms with Crippen LogP contribution in [0.15, 0.2) is 18.2 Å². The van der Waals surface area contributed by atoms with Crippen LogP contribution in [0, 0.1) is 5.92 Å². The Bertz CT molecular complexity index is 577. The molecule has 2 heterocycles. The molecule has 23 heavy (non-hydrogen) atoms. The summed E-state index contributed by atoms with van der Waals surface area (Å²) >= 11 is 0. The molecule has 126 valence electrons. The smallest absolute Gasteiger partial charge is 0.179 e. The molecule has 4 nitrogen and oxygen atoms in total. The molecule has 1 fully saturated rings. The van der Waals surface area contributed by atoms with E-state index < -0.39 is 0 Å². The number of nitrogens with one attached hydrogen (secondary N) is 1. The van der Waals surface area contributed by atoms with Crippen molar-refractivity contribution in [2.24, 2.45) is 5.92 Å². The van der Waals surface area contributed by atoms with Gasteiger partial charge in [0.05, 0.1) is 18.3 Å². The fourth-order valence-corrected chi connectivity index (χ4v) is 3.43. The Morgan fingerprint density at radius 1 is 1.30 bits per heavy atom. The molecule has 1 saturated heterocycles. The lowest BCUT2D eigenvalue weighted by atomic mass is 9.99. The van der Waals surface area contributed by atoms with Crippen molar-refractivity contribution in [1.29, 1.82) is 0 Å². The Balaban J connectivity index is 1.91. The van der Waals surface area contributed by atoms with Gasteiger partial charge in [0.25, 0.3) is 0 Å². The molecule has 2 aliphatic rings. The number of benzene rings is 1. The maximum absolute atomic E-state index is 12.7. The molecule has 1 N–H and O–H groups in total. The van der Waals surface area contributed by atoms with Crippen molar-refractivity contribution >= 4 is 11.5 Å². The fourth-order valence-electron chi connectivity index (χ4n) is 3.43. The van der Waals surface area contributed by atoms with E-state index >= 15 is 0 Å². The minimum atomic E-state index is -0.0199. The number of ketones is 1. The molecule has 0 saturated carbocycles. The minimum Gasteiger partial charge on any atom is -0.486 e. The maximum Gasteiger partial charge on any atom is 0.179 e.